The number of aliphatic hydroxyl groups excluding tert-OH is 1. The molecule has 4 heteroatoms. The summed E-state index contributed by atoms with van der Waals surface area (Å²) in [5.41, 5.74) is 1.77. The highest BCUT2D eigenvalue weighted by Crippen LogP contribution is 2.38. The molecule has 0 aromatic rings. The van der Waals surface area contributed by atoms with Gasteiger partial charge in [-0.1, -0.05) is 0 Å². The zero-order valence-corrected chi connectivity index (χ0v) is 7.35. The fourth-order valence-electron chi connectivity index (χ4n) is 1.37. The van der Waals surface area contributed by atoms with Gasteiger partial charge < -0.3 is 15.7 Å². The van der Waals surface area contributed by atoms with Gasteiger partial charge in [0.1, 0.15) is 0 Å². The third-order valence-corrected chi connectivity index (χ3v) is 2.05. The van der Waals surface area contributed by atoms with Crippen molar-refractivity contribution < 1.29 is 9.90 Å². The van der Waals surface area contributed by atoms with Crippen LogP contribution >= 0.6 is 0 Å². The summed E-state index contributed by atoms with van der Waals surface area (Å²) in [6.45, 7) is 0.730. The molecular formula is C8H14N2O2. The molecule has 3 N–H and O–H groups in total. The summed E-state index contributed by atoms with van der Waals surface area (Å²) in [7, 11) is 3.42. The Kier molecular flexibility index (Phi) is 2.83. The Hall–Kier alpha value is -0.870. The minimum atomic E-state index is -0.0701. The van der Waals surface area contributed by atoms with E-state index < -0.39 is 0 Å². The van der Waals surface area contributed by atoms with E-state index in [0.29, 0.717) is 6.54 Å². The minimum absolute atomic E-state index is 0.00241. The second kappa shape index (κ2) is 3.69. The first-order valence-corrected chi connectivity index (χ1v) is 3.96. The fourth-order valence-corrected chi connectivity index (χ4v) is 1.37. The average molecular weight is 170 g/mol. The Morgan fingerprint density at radius 1 is 1.58 bits per heavy atom. The van der Waals surface area contributed by atoms with Crippen LogP contribution in [-0.2, 0) is 4.79 Å². The first-order chi connectivity index (χ1) is 5.76. The van der Waals surface area contributed by atoms with Crippen molar-refractivity contribution >= 4 is 5.91 Å². The molecule has 0 spiro atoms. The molecule has 0 fully saturated rings. The molecule has 0 aliphatic heterocycles. The Bertz CT molecular complexity index is 223. The highest BCUT2D eigenvalue weighted by atomic mass is 16.3. The largest absolute Gasteiger partial charge is 0.395 e. The minimum Gasteiger partial charge on any atom is -0.395 e. The normalized spacial score (nSPS) is 21.1. The third-order valence-electron chi connectivity index (χ3n) is 2.05. The van der Waals surface area contributed by atoms with Gasteiger partial charge in [0, 0.05) is 25.1 Å². The predicted octanol–water partition coefficient (Wildman–Crippen LogP) is -1.13. The van der Waals surface area contributed by atoms with Gasteiger partial charge in [-0.05, 0) is 12.6 Å². The third kappa shape index (κ3) is 1.49. The molecule has 1 unspecified atom stereocenters. The highest BCUT2D eigenvalue weighted by Gasteiger charge is 2.39. The standard InChI is InChI=1S/C8H14N2O2/c1-9-3-5-6(4-11)7(5)8(12)10-2/h6,9,11H,3-4H2,1-2H3,(H,10,12). The molecular weight excluding hydrogens is 156 g/mol. The number of hydrogen-bond acceptors (Lipinski definition) is 3. The van der Waals surface area contributed by atoms with Crippen LogP contribution in [0.3, 0.4) is 0 Å². The quantitative estimate of drug-likeness (QED) is 0.500. The van der Waals surface area contributed by atoms with Crippen LogP contribution in [-0.4, -0.2) is 38.3 Å². The van der Waals surface area contributed by atoms with Crippen LogP contribution in [0.4, 0.5) is 0 Å². The van der Waals surface area contributed by atoms with Crippen molar-refractivity contribution in [2.24, 2.45) is 5.92 Å². The molecule has 12 heavy (non-hydrogen) atoms. The maximum absolute atomic E-state index is 11.1. The van der Waals surface area contributed by atoms with E-state index in [1.165, 1.54) is 0 Å². The zero-order valence-electron chi connectivity index (χ0n) is 7.35. The van der Waals surface area contributed by atoms with Gasteiger partial charge in [-0.25, -0.2) is 0 Å². The number of hydrogen-bond donors (Lipinski definition) is 3. The van der Waals surface area contributed by atoms with Gasteiger partial charge in [0.05, 0.1) is 6.61 Å². The van der Waals surface area contributed by atoms with Crippen molar-refractivity contribution in [1.82, 2.24) is 10.6 Å². The summed E-state index contributed by atoms with van der Waals surface area (Å²) in [6, 6.07) is 0. The van der Waals surface area contributed by atoms with Gasteiger partial charge in [-0.3, -0.25) is 4.79 Å². The summed E-state index contributed by atoms with van der Waals surface area (Å²) >= 11 is 0. The van der Waals surface area contributed by atoms with Gasteiger partial charge >= 0.3 is 0 Å². The number of likely N-dealkylation sites (N-methyl/N-ethyl adjacent to an activating group) is 2. The maximum Gasteiger partial charge on any atom is 0.247 e. The molecule has 0 saturated carbocycles. The van der Waals surface area contributed by atoms with Crippen LogP contribution in [0.2, 0.25) is 0 Å². The van der Waals surface area contributed by atoms with Gasteiger partial charge in [-0.15, -0.1) is 0 Å². The van der Waals surface area contributed by atoms with E-state index in [4.69, 9.17) is 5.11 Å². The van der Waals surface area contributed by atoms with E-state index in [1.807, 2.05) is 7.05 Å². The molecule has 1 aliphatic rings. The first kappa shape index (κ1) is 9.22. The van der Waals surface area contributed by atoms with Gasteiger partial charge in [-0.2, -0.15) is 0 Å². The van der Waals surface area contributed by atoms with E-state index in [2.05, 4.69) is 10.6 Å². The summed E-state index contributed by atoms with van der Waals surface area (Å²) in [5, 5.41) is 14.4. The first-order valence-electron chi connectivity index (χ1n) is 3.96. The molecule has 0 saturated heterocycles. The zero-order chi connectivity index (χ0) is 9.14. The number of amides is 1. The SMILES string of the molecule is CNCC1=C(C(=O)NC)C1CO. The van der Waals surface area contributed by atoms with Crippen LogP contribution in [0, 0.1) is 5.92 Å². The second-order valence-corrected chi connectivity index (χ2v) is 2.78. The maximum atomic E-state index is 11.1. The van der Waals surface area contributed by atoms with Crippen LogP contribution < -0.4 is 10.6 Å². The molecule has 1 rings (SSSR count). The topological polar surface area (TPSA) is 61.4 Å². The van der Waals surface area contributed by atoms with Gasteiger partial charge in [0.15, 0.2) is 0 Å². The molecule has 1 aliphatic carbocycles. The molecule has 0 aromatic heterocycles. The lowest BCUT2D eigenvalue weighted by Crippen LogP contribution is -2.17. The van der Waals surface area contributed by atoms with Crippen molar-refractivity contribution in [3.8, 4) is 0 Å². The molecule has 1 atom stereocenters. The van der Waals surface area contributed by atoms with E-state index >= 15 is 0 Å². The van der Waals surface area contributed by atoms with Crippen LogP contribution in [0.5, 0.6) is 0 Å². The molecule has 0 aromatic carbocycles. The van der Waals surface area contributed by atoms with Gasteiger partial charge in [0.25, 0.3) is 0 Å². The molecule has 1 amide bonds. The van der Waals surface area contributed by atoms with Crippen molar-refractivity contribution in [2.45, 2.75) is 0 Å². The molecule has 0 radical (unpaired) electrons. The second-order valence-electron chi connectivity index (χ2n) is 2.78. The van der Waals surface area contributed by atoms with Crippen molar-refractivity contribution in [1.29, 1.82) is 0 Å². The number of carbonyl (C=O) groups is 1. The summed E-state index contributed by atoms with van der Waals surface area (Å²) in [4.78, 5) is 11.1. The Labute approximate surface area is 71.7 Å². The predicted molar refractivity (Wildman–Crippen MR) is 45.6 cm³/mol. The Balaban J connectivity index is 2.56. The Morgan fingerprint density at radius 2 is 2.25 bits per heavy atom. The van der Waals surface area contributed by atoms with Crippen molar-refractivity contribution in [3.63, 3.8) is 0 Å². The number of rotatable bonds is 4. The van der Waals surface area contributed by atoms with Crippen LogP contribution in [0.25, 0.3) is 0 Å². The van der Waals surface area contributed by atoms with Crippen LogP contribution in [0.1, 0.15) is 0 Å². The lowest BCUT2D eigenvalue weighted by Gasteiger charge is -1.94. The van der Waals surface area contributed by atoms with E-state index in [0.717, 1.165) is 11.1 Å². The van der Waals surface area contributed by atoms with Crippen molar-refractivity contribution in [3.05, 3.63) is 11.1 Å². The summed E-state index contributed by atoms with van der Waals surface area (Å²) in [6.07, 6.45) is 0. The number of nitrogens with one attached hydrogen (secondary N) is 2. The van der Waals surface area contributed by atoms with E-state index in [1.54, 1.807) is 7.05 Å². The lowest BCUT2D eigenvalue weighted by molar-refractivity contribution is -0.116. The van der Waals surface area contributed by atoms with E-state index in [-0.39, 0.29) is 18.4 Å². The molecule has 0 heterocycles. The van der Waals surface area contributed by atoms with E-state index in [9.17, 15) is 4.79 Å². The average Bonchev–Trinajstić information content (AvgIpc) is 2.78. The Morgan fingerprint density at radius 3 is 2.67 bits per heavy atom. The molecule has 68 valence electrons. The lowest BCUT2D eigenvalue weighted by atomic mass is 10.2. The summed E-state index contributed by atoms with van der Waals surface area (Å²) in [5.74, 6) is -0.0725. The number of aliphatic hydroxyl groups is 1. The number of carbonyl (C=O) groups excluding carboxylic acids is 1. The summed E-state index contributed by atoms with van der Waals surface area (Å²) < 4.78 is 0. The van der Waals surface area contributed by atoms with Crippen molar-refractivity contribution in [2.75, 3.05) is 27.2 Å². The smallest absolute Gasteiger partial charge is 0.247 e. The fraction of sp³-hybridized carbons (Fsp3) is 0.625. The monoisotopic (exact) mass is 170 g/mol. The molecule has 0 bridgehead atoms. The van der Waals surface area contributed by atoms with Gasteiger partial charge in [0.2, 0.25) is 5.91 Å². The highest BCUT2D eigenvalue weighted by molar-refractivity contribution is 6.00. The van der Waals surface area contributed by atoms with Crippen LogP contribution in [0.15, 0.2) is 11.1 Å². The molecule has 4 nitrogen and oxygen atoms in total.